The standard InChI is InChI=1S/C26H21ClN4O/c1-17-24(19-8-5-18(6-9-19)7-12-21-4-2-3-15-28-21)25-23(16-29-17)26(32)31(30-25)22-13-10-20(27)11-14-22/h2-6,8-11,13-16,29H,7,12H2,1H3. The number of fused-ring (bicyclic) bond motifs is 1. The summed E-state index contributed by atoms with van der Waals surface area (Å²) in [5.74, 6) is 0. The molecule has 0 radical (unpaired) electrons. The summed E-state index contributed by atoms with van der Waals surface area (Å²) in [7, 11) is 0. The number of hydrogen-bond donors (Lipinski definition) is 1. The SMILES string of the molecule is Cc1[nH]cc2c(=O)n(-c3ccc(Cl)cc3)nc-2c1-c1ccc(CCc2ccccn2)cc1. The van der Waals surface area contributed by atoms with Gasteiger partial charge >= 0.3 is 0 Å². The average Bonchev–Trinajstić information content (AvgIpc) is 3.15. The molecule has 158 valence electrons. The highest BCUT2D eigenvalue weighted by molar-refractivity contribution is 6.30. The first-order valence-electron chi connectivity index (χ1n) is 10.5. The molecule has 0 aliphatic carbocycles. The van der Waals surface area contributed by atoms with Crippen LogP contribution in [-0.2, 0) is 12.8 Å². The lowest BCUT2D eigenvalue weighted by molar-refractivity contribution is 0.858. The van der Waals surface area contributed by atoms with Crippen molar-refractivity contribution in [3.63, 3.8) is 0 Å². The first kappa shape index (κ1) is 20.2. The Balaban J connectivity index is 1.49. The Labute approximate surface area is 190 Å². The van der Waals surface area contributed by atoms with Crippen LogP contribution in [0.25, 0.3) is 28.1 Å². The van der Waals surface area contributed by atoms with Crippen molar-refractivity contribution in [3.05, 3.63) is 111 Å². The minimum atomic E-state index is -0.160. The zero-order valence-electron chi connectivity index (χ0n) is 17.5. The van der Waals surface area contributed by atoms with Crippen molar-refractivity contribution in [2.75, 3.05) is 0 Å². The quantitative estimate of drug-likeness (QED) is 0.394. The van der Waals surface area contributed by atoms with Gasteiger partial charge in [-0.2, -0.15) is 9.78 Å². The molecule has 0 atom stereocenters. The predicted octanol–water partition coefficient (Wildman–Crippen LogP) is 5.47. The van der Waals surface area contributed by atoms with E-state index in [9.17, 15) is 4.79 Å². The van der Waals surface area contributed by atoms with Crippen molar-refractivity contribution < 1.29 is 0 Å². The highest BCUT2D eigenvalue weighted by atomic mass is 35.5. The summed E-state index contributed by atoms with van der Waals surface area (Å²) in [6.07, 6.45) is 5.37. The second-order valence-electron chi connectivity index (χ2n) is 7.76. The third kappa shape index (κ3) is 3.83. The van der Waals surface area contributed by atoms with Gasteiger partial charge in [-0.05, 0) is 67.3 Å². The lowest BCUT2D eigenvalue weighted by atomic mass is 9.97. The summed E-state index contributed by atoms with van der Waals surface area (Å²) in [5.41, 5.74) is 7.00. The third-order valence-electron chi connectivity index (χ3n) is 5.63. The summed E-state index contributed by atoms with van der Waals surface area (Å²) in [6.45, 7) is 2.00. The maximum absolute atomic E-state index is 13.0. The van der Waals surface area contributed by atoms with E-state index in [2.05, 4.69) is 39.3 Å². The molecule has 32 heavy (non-hydrogen) atoms. The number of nitrogens with zero attached hydrogens (tertiary/aromatic N) is 3. The minimum absolute atomic E-state index is 0.160. The highest BCUT2D eigenvalue weighted by Crippen LogP contribution is 2.33. The summed E-state index contributed by atoms with van der Waals surface area (Å²) in [6, 6.07) is 21.5. The Hall–Kier alpha value is -3.70. The minimum Gasteiger partial charge on any atom is -0.364 e. The number of aromatic amines is 1. The van der Waals surface area contributed by atoms with Crippen molar-refractivity contribution >= 4 is 11.6 Å². The molecule has 5 nitrogen and oxygen atoms in total. The number of nitrogens with one attached hydrogen (secondary N) is 1. The normalized spacial score (nSPS) is 11.2. The van der Waals surface area contributed by atoms with Crippen LogP contribution in [0.4, 0.5) is 0 Å². The van der Waals surface area contributed by atoms with Gasteiger partial charge in [-0.15, -0.1) is 0 Å². The number of pyridine rings is 2. The van der Waals surface area contributed by atoms with E-state index in [0.717, 1.165) is 35.4 Å². The van der Waals surface area contributed by atoms with Gasteiger partial charge in [-0.3, -0.25) is 9.78 Å². The zero-order chi connectivity index (χ0) is 22.1. The topological polar surface area (TPSA) is 63.6 Å². The number of halogens is 1. The molecule has 0 spiro atoms. The zero-order valence-corrected chi connectivity index (χ0v) is 18.3. The largest absolute Gasteiger partial charge is 0.364 e. The molecule has 0 saturated heterocycles. The van der Waals surface area contributed by atoms with Crippen molar-refractivity contribution in [1.82, 2.24) is 19.7 Å². The number of benzene rings is 2. The maximum atomic E-state index is 13.0. The fourth-order valence-electron chi connectivity index (χ4n) is 3.93. The lowest BCUT2D eigenvalue weighted by Crippen LogP contribution is -2.14. The van der Waals surface area contributed by atoms with Gasteiger partial charge in [0, 0.05) is 34.4 Å². The fourth-order valence-corrected chi connectivity index (χ4v) is 4.05. The Morgan fingerprint density at radius 3 is 2.47 bits per heavy atom. The van der Waals surface area contributed by atoms with E-state index in [-0.39, 0.29) is 5.56 Å². The summed E-state index contributed by atoms with van der Waals surface area (Å²) in [5, 5.41) is 5.30. The average molecular weight is 441 g/mol. The first-order valence-corrected chi connectivity index (χ1v) is 10.8. The highest BCUT2D eigenvalue weighted by Gasteiger charge is 2.22. The predicted molar refractivity (Wildman–Crippen MR) is 128 cm³/mol. The Bertz CT molecular complexity index is 1390. The Morgan fingerprint density at radius 1 is 0.969 bits per heavy atom. The van der Waals surface area contributed by atoms with Crippen LogP contribution >= 0.6 is 11.6 Å². The van der Waals surface area contributed by atoms with Crippen LogP contribution in [-0.4, -0.2) is 19.7 Å². The second-order valence-corrected chi connectivity index (χ2v) is 8.20. The van der Waals surface area contributed by atoms with Crippen LogP contribution in [0, 0.1) is 6.92 Å². The molecule has 0 saturated carbocycles. The number of H-pyrrole nitrogens is 1. The molecule has 0 fully saturated rings. The molecule has 5 rings (SSSR count). The Morgan fingerprint density at radius 2 is 1.75 bits per heavy atom. The monoisotopic (exact) mass is 440 g/mol. The lowest BCUT2D eigenvalue weighted by Gasteiger charge is -2.11. The third-order valence-corrected chi connectivity index (χ3v) is 5.88. The van der Waals surface area contributed by atoms with Crippen LogP contribution in [0.15, 0.2) is 83.9 Å². The molecule has 1 aromatic heterocycles. The molecule has 2 aromatic carbocycles. The van der Waals surface area contributed by atoms with Crippen molar-refractivity contribution in [2.24, 2.45) is 0 Å². The molecule has 2 aliphatic heterocycles. The molecule has 6 heteroatoms. The summed E-state index contributed by atoms with van der Waals surface area (Å²) >= 11 is 6.00. The van der Waals surface area contributed by atoms with Gasteiger partial charge in [0.1, 0.15) is 5.69 Å². The molecule has 0 amide bonds. The van der Waals surface area contributed by atoms with E-state index in [0.29, 0.717) is 22.0 Å². The van der Waals surface area contributed by atoms with Crippen LogP contribution in [0.2, 0.25) is 5.02 Å². The van der Waals surface area contributed by atoms with E-state index < -0.39 is 0 Å². The Kier molecular flexibility index (Phi) is 5.33. The number of hydrogen-bond acceptors (Lipinski definition) is 3. The van der Waals surface area contributed by atoms with E-state index in [1.807, 2.05) is 31.3 Å². The second kappa shape index (κ2) is 8.44. The van der Waals surface area contributed by atoms with Crippen LogP contribution in [0.5, 0.6) is 0 Å². The molecular weight excluding hydrogens is 420 g/mol. The first-order chi connectivity index (χ1) is 15.6. The van der Waals surface area contributed by atoms with Gasteiger partial charge in [-0.1, -0.05) is 41.9 Å². The van der Waals surface area contributed by atoms with Crippen molar-refractivity contribution in [1.29, 1.82) is 0 Å². The van der Waals surface area contributed by atoms with E-state index in [4.69, 9.17) is 11.6 Å². The molecule has 0 unspecified atom stereocenters. The van der Waals surface area contributed by atoms with Crippen molar-refractivity contribution in [2.45, 2.75) is 19.8 Å². The molecule has 3 heterocycles. The molecular formula is C26H21ClN4O. The summed E-state index contributed by atoms with van der Waals surface area (Å²) < 4.78 is 1.43. The van der Waals surface area contributed by atoms with Gasteiger partial charge in [0.15, 0.2) is 0 Å². The van der Waals surface area contributed by atoms with E-state index in [1.54, 1.807) is 30.5 Å². The van der Waals surface area contributed by atoms with Crippen LogP contribution < -0.4 is 5.56 Å². The number of aryl methyl sites for hydroxylation is 3. The van der Waals surface area contributed by atoms with Gasteiger partial charge in [-0.25, -0.2) is 0 Å². The fraction of sp³-hybridized carbons (Fsp3) is 0.115. The number of aromatic nitrogens is 4. The van der Waals surface area contributed by atoms with E-state index in [1.165, 1.54) is 10.2 Å². The van der Waals surface area contributed by atoms with Gasteiger partial charge < -0.3 is 4.98 Å². The van der Waals surface area contributed by atoms with Crippen molar-refractivity contribution in [3.8, 4) is 28.1 Å². The van der Waals surface area contributed by atoms with E-state index >= 15 is 0 Å². The molecule has 0 bridgehead atoms. The smallest absolute Gasteiger partial charge is 0.282 e. The van der Waals surface area contributed by atoms with Gasteiger partial charge in [0.25, 0.3) is 5.56 Å². The summed E-state index contributed by atoms with van der Waals surface area (Å²) in [4.78, 5) is 20.7. The van der Waals surface area contributed by atoms with Crippen LogP contribution in [0.3, 0.4) is 0 Å². The van der Waals surface area contributed by atoms with Gasteiger partial charge in [0.05, 0.1) is 11.3 Å². The molecule has 1 N–H and O–H groups in total. The number of rotatable bonds is 5. The molecule has 3 aromatic rings. The molecule has 2 aliphatic rings. The van der Waals surface area contributed by atoms with Gasteiger partial charge in [0.2, 0.25) is 0 Å². The maximum Gasteiger partial charge on any atom is 0.282 e. The van der Waals surface area contributed by atoms with Crippen LogP contribution in [0.1, 0.15) is 17.0 Å².